The monoisotopic (exact) mass is 434 g/mol. The Labute approximate surface area is 181 Å². The molecular formula is C22H19FN6O3. The van der Waals surface area contributed by atoms with Crippen LogP contribution in [0, 0.1) is 5.82 Å². The summed E-state index contributed by atoms with van der Waals surface area (Å²) in [4.78, 5) is 30.8. The van der Waals surface area contributed by atoms with Gasteiger partial charge >= 0.3 is 0 Å². The Kier molecular flexibility index (Phi) is 4.62. The molecule has 1 aromatic carbocycles. The second kappa shape index (κ2) is 7.49. The Morgan fingerprint density at radius 3 is 2.97 bits per heavy atom. The van der Waals surface area contributed by atoms with Crippen molar-refractivity contribution in [2.75, 3.05) is 11.9 Å². The van der Waals surface area contributed by atoms with Crippen molar-refractivity contribution in [1.82, 2.24) is 19.7 Å². The van der Waals surface area contributed by atoms with Gasteiger partial charge in [-0.1, -0.05) is 0 Å². The number of hydrogen-bond acceptors (Lipinski definition) is 6. The summed E-state index contributed by atoms with van der Waals surface area (Å²) in [7, 11) is 1.67. The van der Waals surface area contributed by atoms with Gasteiger partial charge in [-0.3, -0.25) is 14.3 Å². The summed E-state index contributed by atoms with van der Waals surface area (Å²) in [6, 6.07) is 6.04. The first-order valence-corrected chi connectivity index (χ1v) is 9.95. The fourth-order valence-corrected chi connectivity index (χ4v) is 4.02. The third kappa shape index (κ3) is 3.25. The van der Waals surface area contributed by atoms with Crippen molar-refractivity contribution in [3.8, 4) is 17.0 Å². The smallest absolute Gasteiger partial charge is 0.269 e. The third-order valence-electron chi connectivity index (χ3n) is 5.57. The average molecular weight is 434 g/mol. The van der Waals surface area contributed by atoms with Gasteiger partial charge in [0.1, 0.15) is 17.4 Å². The van der Waals surface area contributed by atoms with Crippen LogP contribution in [0.2, 0.25) is 0 Å². The van der Waals surface area contributed by atoms with Gasteiger partial charge in [0.2, 0.25) is 5.56 Å². The van der Waals surface area contributed by atoms with Gasteiger partial charge in [0.25, 0.3) is 5.91 Å². The number of ether oxygens (including phenoxy) is 1. The predicted octanol–water partition coefficient (Wildman–Crippen LogP) is 2.11. The molecule has 0 aliphatic carbocycles. The molecule has 0 unspecified atom stereocenters. The van der Waals surface area contributed by atoms with Crippen molar-refractivity contribution in [1.29, 1.82) is 0 Å². The number of benzene rings is 1. The molecule has 0 saturated heterocycles. The van der Waals surface area contributed by atoms with E-state index in [1.807, 2.05) is 0 Å². The van der Waals surface area contributed by atoms with E-state index in [1.165, 1.54) is 16.8 Å². The van der Waals surface area contributed by atoms with E-state index in [-0.39, 0.29) is 23.6 Å². The van der Waals surface area contributed by atoms with Crippen LogP contribution in [0.15, 0.2) is 41.5 Å². The number of halogens is 1. The molecule has 10 heteroatoms. The molecule has 0 radical (unpaired) electrons. The quantitative estimate of drug-likeness (QED) is 0.441. The van der Waals surface area contributed by atoms with E-state index in [0.29, 0.717) is 52.2 Å². The summed E-state index contributed by atoms with van der Waals surface area (Å²) < 4.78 is 21.5. The zero-order chi connectivity index (χ0) is 22.4. The Hall–Kier alpha value is -4.21. The Balaban J connectivity index is 1.57. The zero-order valence-electron chi connectivity index (χ0n) is 17.1. The number of carbonyl (C=O) groups is 1. The van der Waals surface area contributed by atoms with E-state index in [4.69, 9.17) is 10.5 Å². The van der Waals surface area contributed by atoms with Crippen LogP contribution < -0.4 is 21.3 Å². The van der Waals surface area contributed by atoms with Crippen LogP contribution in [0.1, 0.15) is 21.6 Å². The molecule has 0 saturated carbocycles. The van der Waals surface area contributed by atoms with Crippen molar-refractivity contribution in [2.45, 2.75) is 13.0 Å². The van der Waals surface area contributed by atoms with Gasteiger partial charge in [-0.15, -0.1) is 0 Å². The number of aromatic nitrogens is 4. The molecule has 0 fully saturated rings. The number of aromatic amines is 1. The maximum atomic E-state index is 14.5. The average Bonchev–Trinajstić information content (AvgIpc) is 3.39. The first-order chi connectivity index (χ1) is 15.4. The number of pyridine rings is 2. The van der Waals surface area contributed by atoms with Gasteiger partial charge in [0.05, 0.1) is 12.3 Å². The minimum absolute atomic E-state index is 0.110. The molecule has 4 heterocycles. The number of nitrogens with zero attached hydrogens (tertiary/aromatic N) is 3. The van der Waals surface area contributed by atoms with Gasteiger partial charge in [-0.05, 0) is 18.2 Å². The number of nitrogens with one attached hydrogen (secondary N) is 2. The fraction of sp³-hybridized carbons (Fsp3) is 0.182. The minimum atomic E-state index is -0.651. The van der Waals surface area contributed by atoms with Crippen LogP contribution in [0.5, 0.6) is 5.75 Å². The maximum absolute atomic E-state index is 14.5. The topological polar surface area (TPSA) is 128 Å². The molecule has 1 amide bonds. The molecule has 4 N–H and O–H groups in total. The number of amides is 1. The summed E-state index contributed by atoms with van der Waals surface area (Å²) in [5.41, 5.74) is 7.73. The first kappa shape index (κ1) is 19.7. The maximum Gasteiger partial charge on any atom is 0.269 e. The summed E-state index contributed by atoms with van der Waals surface area (Å²) >= 11 is 0. The van der Waals surface area contributed by atoms with Crippen molar-refractivity contribution in [2.24, 2.45) is 12.8 Å². The number of anilines is 1. The first-order valence-electron chi connectivity index (χ1n) is 9.95. The zero-order valence-corrected chi connectivity index (χ0v) is 17.1. The van der Waals surface area contributed by atoms with Crippen LogP contribution in [0.3, 0.4) is 0 Å². The van der Waals surface area contributed by atoms with Gasteiger partial charge < -0.3 is 20.8 Å². The number of rotatable bonds is 5. The molecule has 1 aliphatic rings. The van der Waals surface area contributed by atoms with Crippen molar-refractivity contribution in [3.05, 3.63) is 69.7 Å². The van der Waals surface area contributed by atoms with E-state index < -0.39 is 5.91 Å². The molecule has 4 aromatic rings. The predicted molar refractivity (Wildman–Crippen MR) is 116 cm³/mol. The highest BCUT2D eigenvalue weighted by Crippen LogP contribution is 2.33. The number of aryl methyl sites for hydroxylation is 1. The molecule has 162 valence electrons. The normalized spacial score (nSPS) is 12.6. The van der Waals surface area contributed by atoms with Crippen molar-refractivity contribution < 1.29 is 13.9 Å². The molecule has 5 rings (SSSR count). The van der Waals surface area contributed by atoms with Crippen LogP contribution in [0.4, 0.5) is 10.2 Å². The second-order valence-electron chi connectivity index (χ2n) is 7.50. The molecule has 0 atom stereocenters. The largest absolute Gasteiger partial charge is 0.493 e. The molecule has 0 spiro atoms. The van der Waals surface area contributed by atoms with E-state index in [9.17, 15) is 14.0 Å². The highest BCUT2D eigenvalue weighted by atomic mass is 19.1. The van der Waals surface area contributed by atoms with Crippen LogP contribution in [0.25, 0.3) is 22.0 Å². The number of hydrogen-bond donors (Lipinski definition) is 3. The molecule has 0 bridgehead atoms. The van der Waals surface area contributed by atoms with Gasteiger partial charge in [0, 0.05) is 65.9 Å². The second-order valence-corrected chi connectivity index (χ2v) is 7.50. The van der Waals surface area contributed by atoms with E-state index in [0.717, 1.165) is 5.56 Å². The van der Waals surface area contributed by atoms with E-state index >= 15 is 0 Å². The highest BCUT2D eigenvalue weighted by Gasteiger charge is 2.20. The lowest BCUT2D eigenvalue weighted by atomic mass is 10.0. The number of fused-ring (bicyclic) bond motifs is 2. The summed E-state index contributed by atoms with van der Waals surface area (Å²) in [5, 5.41) is 8.54. The number of carbonyl (C=O) groups excluding carboxylic acids is 1. The number of nitrogens with two attached hydrogens (primary N) is 1. The van der Waals surface area contributed by atoms with E-state index in [1.54, 1.807) is 31.6 Å². The number of primary amides is 1. The molecular weight excluding hydrogens is 415 g/mol. The third-order valence-corrected chi connectivity index (χ3v) is 5.57. The standard InChI is InChI=1S/C22H19FN6O3/c1-29-18(7-17(28-29)21(24)31)14-9-27-22(15-10-25-20(30)6-12(14)15)26-8-13-11-4-5-32-19(11)3-2-16(13)23/h2-3,6-7,9-10H,4-5,8H2,1H3,(H2,24,31)(H,25,30)(H,26,27). The van der Waals surface area contributed by atoms with Crippen LogP contribution in [-0.2, 0) is 20.0 Å². The molecule has 9 nitrogen and oxygen atoms in total. The van der Waals surface area contributed by atoms with Gasteiger partial charge in [-0.25, -0.2) is 9.37 Å². The fourth-order valence-electron chi connectivity index (χ4n) is 4.02. The lowest BCUT2D eigenvalue weighted by Crippen LogP contribution is -2.11. The van der Waals surface area contributed by atoms with Gasteiger partial charge in [0.15, 0.2) is 5.69 Å². The lowest BCUT2D eigenvalue weighted by molar-refractivity contribution is 0.0995. The molecule has 32 heavy (non-hydrogen) atoms. The Bertz CT molecular complexity index is 1440. The Morgan fingerprint density at radius 2 is 2.19 bits per heavy atom. The summed E-state index contributed by atoms with van der Waals surface area (Å²) in [5.74, 6) is 0.210. The van der Waals surface area contributed by atoms with Crippen LogP contribution in [-0.4, -0.2) is 32.3 Å². The minimum Gasteiger partial charge on any atom is -0.493 e. The SMILES string of the molecule is Cn1nc(C(N)=O)cc1-c1cnc(NCc2c(F)ccc3c2CCO3)c2c[nH]c(=O)cc12. The number of H-pyrrole nitrogens is 1. The Morgan fingerprint density at radius 1 is 1.34 bits per heavy atom. The molecule has 1 aliphatic heterocycles. The van der Waals surface area contributed by atoms with Gasteiger partial charge in [-0.2, -0.15) is 5.10 Å². The molecule has 3 aromatic heterocycles. The van der Waals surface area contributed by atoms with Crippen molar-refractivity contribution in [3.63, 3.8) is 0 Å². The van der Waals surface area contributed by atoms with Crippen LogP contribution >= 0.6 is 0 Å². The van der Waals surface area contributed by atoms with E-state index in [2.05, 4.69) is 20.4 Å². The highest BCUT2D eigenvalue weighted by molar-refractivity contribution is 6.01. The summed E-state index contributed by atoms with van der Waals surface area (Å²) in [6.45, 7) is 0.733. The lowest BCUT2D eigenvalue weighted by Gasteiger charge is -2.14. The summed E-state index contributed by atoms with van der Waals surface area (Å²) in [6.07, 6.45) is 3.78. The van der Waals surface area contributed by atoms with Crippen molar-refractivity contribution >= 4 is 22.5 Å².